The Bertz CT molecular complexity index is 857. The average molecular weight is 430 g/mol. The van der Waals surface area contributed by atoms with Gasteiger partial charge < -0.3 is 10.0 Å². The molecule has 3 rings (SSSR count). The van der Waals surface area contributed by atoms with Crippen LogP contribution >= 0.6 is 23.1 Å². The molecule has 0 radical (unpaired) electrons. The van der Waals surface area contributed by atoms with Crippen LogP contribution in [0, 0.1) is 0 Å². The van der Waals surface area contributed by atoms with E-state index in [1.54, 1.807) is 6.07 Å². The molecule has 2 heterocycles. The van der Waals surface area contributed by atoms with E-state index < -0.39 is 5.97 Å². The third-order valence-electron chi connectivity index (χ3n) is 4.94. The van der Waals surface area contributed by atoms with Crippen molar-refractivity contribution in [3.05, 3.63) is 58.3 Å². The summed E-state index contributed by atoms with van der Waals surface area (Å²) in [5.74, 6) is 0.407. The summed E-state index contributed by atoms with van der Waals surface area (Å²) in [4.78, 5) is 27.9. The van der Waals surface area contributed by atoms with E-state index in [0.717, 1.165) is 22.7 Å². The number of hydrogen-bond donors (Lipinski definition) is 1. The lowest BCUT2D eigenvalue weighted by Crippen LogP contribution is -2.31. The van der Waals surface area contributed by atoms with E-state index in [1.807, 2.05) is 40.9 Å². The number of amides is 1. The smallest absolute Gasteiger partial charge is 0.345 e. The van der Waals surface area contributed by atoms with Crippen LogP contribution in [0.3, 0.4) is 0 Å². The lowest BCUT2D eigenvalue weighted by molar-refractivity contribution is -0.117. The Hall–Kier alpha value is -2.05. The van der Waals surface area contributed by atoms with Crippen LogP contribution in [0.25, 0.3) is 0 Å². The minimum Gasteiger partial charge on any atom is -0.477 e. The first-order valence-corrected chi connectivity index (χ1v) is 11.9. The first-order chi connectivity index (χ1) is 14.1. The van der Waals surface area contributed by atoms with E-state index in [1.165, 1.54) is 35.5 Å². The Labute approximate surface area is 180 Å². The van der Waals surface area contributed by atoms with Gasteiger partial charge in [0, 0.05) is 21.9 Å². The highest BCUT2D eigenvalue weighted by Gasteiger charge is 2.30. The summed E-state index contributed by atoms with van der Waals surface area (Å²) >= 11 is 3.17. The Morgan fingerprint density at radius 3 is 2.72 bits per heavy atom. The maximum absolute atomic E-state index is 12.4. The molecular weight excluding hydrogens is 402 g/mol. The van der Waals surface area contributed by atoms with Crippen LogP contribution in [0.4, 0.5) is 5.69 Å². The number of carboxylic acid groups (broad SMARTS) is 1. The molecule has 0 bridgehead atoms. The van der Waals surface area contributed by atoms with Crippen molar-refractivity contribution in [2.24, 2.45) is 0 Å². The van der Waals surface area contributed by atoms with E-state index >= 15 is 0 Å². The Morgan fingerprint density at radius 2 is 2.03 bits per heavy atom. The number of rotatable bonds is 10. The van der Waals surface area contributed by atoms with E-state index in [0.29, 0.717) is 17.7 Å². The Balaban J connectivity index is 1.59. The zero-order valence-corrected chi connectivity index (χ0v) is 18.3. The van der Waals surface area contributed by atoms with Gasteiger partial charge in [-0.15, -0.1) is 23.1 Å². The number of thiophene rings is 1. The zero-order chi connectivity index (χ0) is 20.6. The van der Waals surface area contributed by atoms with E-state index in [9.17, 15) is 9.59 Å². The summed E-state index contributed by atoms with van der Waals surface area (Å²) in [6.07, 6.45) is 9.92. The molecule has 1 aromatic carbocycles. The second-order valence-corrected chi connectivity index (χ2v) is 9.46. The topological polar surface area (TPSA) is 57.6 Å². The average Bonchev–Trinajstić information content (AvgIpc) is 3.33. The first-order valence-electron chi connectivity index (χ1n) is 10.1. The number of carbonyl (C=O) groups excluding carboxylic acids is 1. The predicted octanol–water partition coefficient (Wildman–Crippen LogP) is 6.02. The fraction of sp³-hybridized carbons (Fsp3) is 0.391. The number of aromatic carboxylic acids is 1. The van der Waals surface area contributed by atoms with Gasteiger partial charge in [-0.05, 0) is 61.4 Å². The maximum Gasteiger partial charge on any atom is 0.345 e. The van der Waals surface area contributed by atoms with Crippen molar-refractivity contribution < 1.29 is 14.7 Å². The molecule has 2 aromatic rings. The van der Waals surface area contributed by atoms with Gasteiger partial charge in [-0.2, -0.15) is 0 Å². The van der Waals surface area contributed by atoms with Crippen LogP contribution in [-0.2, 0) is 11.2 Å². The fourth-order valence-electron chi connectivity index (χ4n) is 3.41. The SMILES string of the molecule is CCCCCSc1ccc(N2C(=O)CC[C@@H]2/C=C/Cc2ccc(C(=O)O)s2)cc1. The molecule has 1 fully saturated rings. The lowest BCUT2D eigenvalue weighted by Gasteiger charge is -2.22. The van der Waals surface area contributed by atoms with Gasteiger partial charge >= 0.3 is 5.97 Å². The van der Waals surface area contributed by atoms with Gasteiger partial charge in [0.05, 0.1) is 6.04 Å². The highest BCUT2D eigenvalue weighted by Crippen LogP contribution is 2.30. The minimum atomic E-state index is -0.884. The van der Waals surface area contributed by atoms with Gasteiger partial charge in [-0.1, -0.05) is 31.9 Å². The Kier molecular flexibility index (Phi) is 7.95. The van der Waals surface area contributed by atoms with Crippen LogP contribution in [0.2, 0.25) is 0 Å². The van der Waals surface area contributed by atoms with Crippen LogP contribution in [-0.4, -0.2) is 28.8 Å². The second kappa shape index (κ2) is 10.6. The van der Waals surface area contributed by atoms with Gasteiger partial charge in [0.2, 0.25) is 5.91 Å². The quantitative estimate of drug-likeness (QED) is 0.285. The van der Waals surface area contributed by atoms with Gasteiger partial charge in [-0.3, -0.25) is 4.79 Å². The van der Waals surface area contributed by atoms with Crippen molar-refractivity contribution in [1.82, 2.24) is 0 Å². The van der Waals surface area contributed by atoms with Gasteiger partial charge in [0.25, 0.3) is 0 Å². The van der Waals surface area contributed by atoms with E-state index in [-0.39, 0.29) is 11.9 Å². The monoisotopic (exact) mass is 429 g/mol. The summed E-state index contributed by atoms with van der Waals surface area (Å²) in [7, 11) is 0. The number of benzene rings is 1. The number of carbonyl (C=O) groups is 2. The molecule has 1 amide bonds. The van der Waals surface area contributed by atoms with E-state index in [2.05, 4.69) is 25.1 Å². The fourth-order valence-corrected chi connectivity index (χ4v) is 5.15. The van der Waals surface area contributed by atoms with Crippen molar-refractivity contribution in [1.29, 1.82) is 0 Å². The number of anilines is 1. The molecular formula is C23H27NO3S2. The largest absolute Gasteiger partial charge is 0.477 e. The Morgan fingerprint density at radius 1 is 1.24 bits per heavy atom. The molecule has 0 spiro atoms. The van der Waals surface area contributed by atoms with Crippen molar-refractivity contribution in [2.75, 3.05) is 10.7 Å². The zero-order valence-electron chi connectivity index (χ0n) is 16.7. The molecule has 1 aromatic heterocycles. The molecule has 1 aliphatic heterocycles. The third-order valence-corrected chi connectivity index (χ3v) is 7.13. The number of allylic oxidation sites excluding steroid dienone is 1. The van der Waals surface area contributed by atoms with Crippen molar-refractivity contribution >= 4 is 40.7 Å². The first kappa shape index (κ1) is 21.7. The summed E-state index contributed by atoms with van der Waals surface area (Å²) < 4.78 is 0. The number of carboxylic acids is 1. The molecule has 1 aliphatic rings. The van der Waals surface area contributed by atoms with Crippen LogP contribution in [0.1, 0.15) is 53.6 Å². The van der Waals surface area contributed by atoms with Crippen molar-refractivity contribution in [2.45, 2.75) is 56.4 Å². The molecule has 154 valence electrons. The lowest BCUT2D eigenvalue weighted by atomic mass is 10.1. The number of nitrogens with zero attached hydrogens (tertiary/aromatic N) is 1. The van der Waals surface area contributed by atoms with Gasteiger partial charge in [0.15, 0.2) is 0 Å². The molecule has 0 unspecified atom stereocenters. The molecule has 4 nitrogen and oxygen atoms in total. The normalized spacial score (nSPS) is 16.8. The molecule has 1 saturated heterocycles. The predicted molar refractivity (Wildman–Crippen MR) is 121 cm³/mol. The molecule has 1 atom stereocenters. The maximum atomic E-state index is 12.4. The molecule has 0 saturated carbocycles. The highest BCUT2D eigenvalue weighted by molar-refractivity contribution is 7.99. The van der Waals surface area contributed by atoms with Crippen LogP contribution in [0.15, 0.2) is 53.4 Å². The molecule has 29 heavy (non-hydrogen) atoms. The molecule has 0 aliphatic carbocycles. The highest BCUT2D eigenvalue weighted by atomic mass is 32.2. The van der Waals surface area contributed by atoms with Crippen molar-refractivity contribution in [3.8, 4) is 0 Å². The number of hydrogen-bond acceptors (Lipinski definition) is 4. The molecule has 1 N–H and O–H groups in total. The van der Waals surface area contributed by atoms with Gasteiger partial charge in [0.1, 0.15) is 4.88 Å². The third kappa shape index (κ3) is 5.97. The summed E-state index contributed by atoms with van der Waals surface area (Å²) in [5.41, 5.74) is 0.948. The summed E-state index contributed by atoms with van der Waals surface area (Å²) in [6.45, 7) is 2.21. The van der Waals surface area contributed by atoms with Crippen LogP contribution < -0.4 is 4.90 Å². The number of thioether (sulfide) groups is 1. The second-order valence-electron chi connectivity index (χ2n) is 7.12. The number of unbranched alkanes of at least 4 members (excludes halogenated alkanes) is 2. The summed E-state index contributed by atoms with van der Waals surface area (Å²) in [6, 6.07) is 11.9. The molecule has 6 heteroatoms. The van der Waals surface area contributed by atoms with Crippen molar-refractivity contribution in [3.63, 3.8) is 0 Å². The minimum absolute atomic E-state index is 0.0597. The van der Waals surface area contributed by atoms with E-state index in [4.69, 9.17) is 5.11 Å². The summed E-state index contributed by atoms with van der Waals surface area (Å²) in [5, 5.41) is 9.02. The standard InChI is InChI=1S/C23H27NO3S2/c1-2-3-4-16-28-19-11-8-18(9-12-19)24-17(10-15-22(24)25)6-5-7-20-13-14-21(29-20)23(26)27/h5-6,8-9,11-14,17H,2-4,7,10,15-16H2,1H3,(H,26,27)/b6-5+/t17-/m0/s1. The van der Waals surface area contributed by atoms with Gasteiger partial charge in [-0.25, -0.2) is 4.79 Å². The van der Waals surface area contributed by atoms with Crippen LogP contribution in [0.5, 0.6) is 0 Å².